The summed E-state index contributed by atoms with van der Waals surface area (Å²) in [6.45, 7) is 0. The lowest BCUT2D eigenvalue weighted by molar-refractivity contribution is 0.124. The van der Waals surface area contributed by atoms with E-state index in [1.165, 1.54) is 0 Å². The molecule has 4 aromatic rings. The van der Waals surface area contributed by atoms with Crippen LogP contribution in [-0.4, -0.2) is 13.0 Å². The van der Waals surface area contributed by atoms with E-state index in [1.54, 1.807) is 25.5 Å². The molecule has 0 saturated carbocycles. The summed E-state index contributed by atoms with van der Waals surface area (Å²) in [5.74, 6) is 2.65. The summed E-state index contributed by atoms with van der Waals surface area (Å²) in [6.07, 6.45) is 1.72. The normalized spacial score (nSPS) is 17.1. The molecular formula is C28H18N2O4. The largest absolute Gasteiger partial charge is 0.497 e. The topological polar surface area (TPSA) is 73.1 Å². The predicted octanol–water partition coefficient (Wildman–Crippen LogP) is 6.06. The van der Waals surface area contributed by atoms with Crippen molar-refractivity contribution in [2.75, 3.05) is 7.11 Å². The third-order valence-corrected chi connectivity index (χ3v) is 6.06. The third kappa shape index (κ3) is 2.91. The minimum atomic E-state index is -1.04. The highest BCUT2D eigenvalue weighted by molar-refractivity contribution is 5.98. The smallest absolute Gasteiger partial charge is 0.292 e. The molecule has 4 aromatic carbocycles. The molecular weight excluding hydrogens is 428 g/mol. The number of aliphatic imine (C=N–C) groups is 1. The van der Waals surface area contributed by atoms with E-state index in [0.29, 0.717) is 28.9 Å². The molecule has 2 heterocycles. The zero-order valence-electron chi connectivity index (χ0n) is 18.2. The summed E-state index contributed by atoms with van der Waals surface area (Å²) in [7, 11) is 1.61. The second-order valence-corrected chi connectivity index (χ2v) is 7.90. The second kappa shape index (κ2) is 7.68. The number of benzene rings is 4. The van der Waals surface area contributed by atoms with E-state index in [-0.39, 0.29) is 0 Å². The van der Waals surface area contributed by atoms with Crippen molar-refractivity contribution in [2.24, 2.45) is 4.99 Å². The Kier molecular flexibility index (Phi) is 4.49. The predicted molar refractivity (Wildman–Crippen MR) is 126 cm³/mol. The zero-order valence-corrected chi connectivity index (χ0v) is 18.2. The first-order chi connectivity index (χ1) is 16.7. The molecule has 164 valence electrons. The molecule has 6 nitrogen and oxygen atoms in total. The first-order valence-electron chi connectivity index (χ1n) is 10.7. The van der Waals surface area contributed by atoms with Crippen molar-refractivity contribution in [1.82, 2.24) is 0 Å². The van der Waals surface area contributed by atoms with E-state index >= 15 is 0 Å². The lowest BCUT2D eigenvalue weighted by Gasteiger charge is -2.43. The zero-order chi connectivity index (χ0) is 23.1. The van der Waals surface area contributed by atoms with Crippen molar-refractivity contribution >= 4 is 11.6 Å². The van der Waals surface area contributed by atoms with Crippen LogP contribution in [0.5, 0.6) is 23.0 Å². The molecule has 1 unspecified atom stereocenters. The molecule has 0 N–H and O–H groups in total. The minimum absolute atomic E-state index is 0.379. The maximum atomic E-state index is 9.01. The molecule has 34 heavy (non-hydrogen) atoms. The van der Waals surface area contributed by atoms with Crippen molar-refractivity contribution < 1.29 is 18.9 Å². The van der Waals surface area contributed by atoms with Gasteiger partial charge in [-0.3, -0.25) is 0 Å². The van der Waals surface area contributed by atoms with Crippen molar-refractivity contribution in [1.29, 1.82) is 5.26 Å². The lowest BCUT2D eigenvalue weighted by atomic mass is 9.76. The Labute approximate surface area is 196 Å². The first kappa shape index (κ1) is 19.9. The Balaban J connectivity index is 1.67. The van der Waals surface area contributed by atoms with Crippen LogP contribution in [0.25, 0.3) is 0 Å². The number of nitriles is 1. The van der Waals surface area contributed by atoms with Crippen LogP contribution in [0.3, 0.4) is 0 Å². The fourth-order valence-corrected chi connectivity index (χ4v) is 4.57. The average Bonchev–Trinajstić information content (AvgIpc) is 2.89. The molecule has 0 fully saturated rings. The van der Waals surface area contributed by atoms with Gasteiger partial charge < -0.3 is 18.9 Å². The van der Waals surface area contributed by atoms with E-state index in [0.717, 1.165) is 27.9 Å². The molecule has 0 aliphatic carbocycles. The molecule has 6 heteroatoms. The van der Waals surface area contributed by atoms with Crippen LogP contribution < -0.4 is 14.2 Å². The van der Waals surface area contributed by atoms with E-state index < -0.39 is 5.60 Å². The summed E-state index contributed by atoms with van der Waals surface area (Å²) >= 11 is 0. The molecule has 0 bridgehead atoms. The van der Waals surface area contributed by atoms with Crippen molar-refractivity contribution in [3.05, 3.63) is 113 Å². The summed E-state index contributed by atoms with van der Waals surface area (Å²) in [4.78, 5) is 4.85. The summed E-state index contributed by atoms with van der Waals surface area (Å²) in [5, 5.41) is 9.01. The third-order valence-electron chi connectivity index (χ3n) is 6.06. The summed E-state index contributed by atoms with van der Waals surface area (Å²) < 4.78 is 23.7. The highest BCUT2D eigenvalue weighted by Crippen LogP contribution is 2.57. The van der Waals surface area contributed by atoms with Crippen LogP contribution in [0, 0.1) is 11.5 Å². The quantitative estimate of drug-likeness (QED) is 0.358. The standard InChI is InChI=1S/C28H18N2O4/c1-31-19-11-13-22-25(15-19)33-26-16-20(32-17-29)12-14-23(26)28(22)21-9-5-6-10-24(21)30-27(34-28)18-7-3-2-4-8-18/h2-16H,1H3. The summed E-state index contributed by atoms with van der Waals surface area (Å²) in [6, 6.07) is 28.7. The number of hydrogen-bond acceptors (Lipinski definition) is 6. The van der Waals surface area contributed by atoms with E-state index in [4.69, 9.17) is 29.2 Å². The molecule has 2 aliphatic rings. The Morgan fingerprint density at radius 1 is 0.794 bits per heavy atom. The van der Waals surface area contributed by atoms with Gasteiger partial charge in [0.1, 0.15) is 23.0 Å². The number of hydrogen-bond donors (Lipinski definition) is 0. The maximum Gasteiger partial charge on any atom is 0.292 e. The molecule has 1 atom stereocenters. The number of rotatable bonds is 3. The molecule has 2 aliphatic heterocycles. The van der Waals surface area contributed by atoms with Crippen molar-refractivity contribution in [2.45, 2.75) is 5.60 Å². The monoisotopic (exact) mass is 446 g/mol. The Morgan fingerprint density at radius 2 is 1.47 bits per heavy atom. The van der Waals surface area contributed by atoms with Gasteiger partial charge in [-0.1, -0.05) is 36.4 Å². The number of fused-ring (bicyclic) bond motifs is 6. The Bertz CT molecular complexity index is 1490. The van der Waals surface area contributed by atoms with Gasteiger partial charge in [0.05, 0.1) is 12.8 Å². The Hall–Kier alpha value is -4.76. The minimum Gasteiger partial charge on any atom is -0.497 e. The number of nitrogens with zero attached hydrogens (tertiary/aromatic N) is 2. The second-order valence-electron chi connectivity index (χ2n) is 7.90. The molecule has 0 aromatic heterocycles. The van der Waals surface area contributed by atoms with Gasteiger partial charge in [-0.2, -0.15) is 0 Å². The fraction of sp³-hybridized carbons (Fsp3) is 0.0714. The SMILES string of the molecule is COc1ccc2c(c1)Oc1cc(OC#N)ccc1C21OC(c2ccccc2)=Nc2ccccc21. The highest BCUT2D eigenvalue weighted by atomic mass is 16.5. The van der Waals surface area contributed by atoms with Crippen LogP contribution >= 0.6 is 0 Å². The van der Waals surface area contributed by atoms with Crippen molar-refractivity contribution in [3.63, 3.8) is 0 Å². The van der Waals surface area contributed by atoms with Crippen LogP contribution in [-0.2, 0) is 10.3 Å². The van der Waals surface area contributed by atoms with Gasteiger partial charge in [0.2, 0.25) is 5.90 Å². The van der Waals surface area contributed by atoms with Gasteiger partial charge in [0.25, 0.3) is 6.26 Å². The molecule has 6 rings (SSSR count). The van der Waals surface area contributed by atoms with Gasteiger partial charge in [-0.25, -0.2) is 4.99 Å². The van der Waals surface area contributed by atoms with E-state index in [9.17, 15) is 0 Å². The van der Waals surface area contributed by atoms with Crippen LogP contribution in [0.4, 0.5) is 5.69 Å². The molecule has 0 amide bonds. The molecule has 0 saturated heterocycles. The Morgan fingerprint density at radius 3 is 2.21 bits per heavy atom. The lowest BCUT2D eigenvalue weighted by Crippen LogP contribution is -2.40. The van der Waals surface area contributed by atoms with Crippen LogP contribution in [0.2, 0.25) is 0 Å². The van der Waals surface area contributed by atoms with E-state index in [1.807, 2.05) is 78.9 Å². The number of ether oxygens (including phenoxy) is 4. The van der Waals surface area contributed by atoms with Crippen LogP contribution in [0.1, 0.15) is 22.3 Å². The van der Waals surface area contributed by atoms with Gasteiger partial charge >= 0.3 is 0 Å². The van der Waals surface area contributed by atoms with Crippen LogP contribution in [0.15, 0.2) is 96.0 Å². The maximum absolute atomic E-state index is 9.01. The first-order valence-corrected chi connectivity index (χ1v) is 10.7. The number of para-hydroxylation sites is 1. The van der Waals surface area contributed by atoms with Gasteiger partial charge in [-0.05, 0) is 42.5 Å². The van der Waals surface area contributed by atoms with Crippen molar-refractivity contribution in [3.8, 4) is 29.3 Å². The average molecular weight is 446 g/mol. The van der Waals surface area contributed by atoms with Gasteiger partial charge in [0, 0.05) is 34.4 Å². The highest BCUT2D eigenvalue weighted by Gasteiger charge is 2.50. The van der Waals surface area contributed by atoms with Gasteiger partial charge in [-0.15, -0.1) is 5.26 Å². The molecule has 0 radical (unpaired) electrons. The summed E-state index contributed by atoms with van der Waals surface area (Å²) in [5.41, 5.74) is 3.13. The van der Waals surface area contributed by atoms with Gasteiger partial charge in [0.15, 0.2) is 5.60 Å². The molecule has 1 spiro atoms. The number of methoxy groups -OCH3 is 1. The fourth-order valence-electron chi connectivity index (χ4n) is 4.57. The van der Waals surface area contributed by atoms with E-state index in [2.05, 4.69) is 0 Å².